The van der Waals surface area contributed by atoms with Crippen LogP contribution in [0.15, 0.2) is 18.2 Å². The smallest absolute Gasteiger partial charge is 0.123 e. The Balaban J connectivity index is 1.59. The molecule has 0 spiro atoms. The summed E-state index contributed by atoms with van der Waals surface area (Å²) < 4.78 is 6.04. The summed E-state index contributed by atoms with van der Waals surface area (Å²) in [5.74, 6) is 1.73. The monoisotopic (exact) mass is 260 g/mol. The van der Waals surface area contributed by atoms with Gasteiger partial charge >= 0.3 is 0 Å². The van der Waals surface area contributed by atoms with Crippen LogP contribution in [0, 0.1) is 12.8 Å². The molecule has 2 aliphatic heterocycles. The first-order chi connectivity index (χ1) is 9.11. The predicted molar refractivity (Wildman–Crippen MR) is 77.5 cm³/mol. The topological polar surface area (TPSA) is 38.5 Å². The van der Waals surface area contributed by atoms with Crippen LogP contribution in [0.2, 0.25) is 0 Å². The summed E-state index contributed by atoms with van der Waals surface area (Å²) in [6, 6.07) is 6.80. The summed E-state index contributed by atoms with van der Waals surface area (Å²) in [5, 5.41) is 0. The molecule has 3 atom stereocenters. The highest BCUT2D eigenvalue weighted by Gasteiger charge is 2.28. The van der Waals surface area contributed by atoms with Crippen LogP contribution in [0.4, 0.5) is 0 Å². The van der Waals surface area contributed by atoms with Gasteiger partial charge in [0.1, 0.15) is 11.9 Å². The van der Waals surface area contributed by atoms with Crippen LogP contribution in [0.5, 0.6) is 5.75 Å². The van der Waals surface area contributed by atoms with Crippen molar-refractivity contribution < 1.29 is 4.74 Å². The molecule has 1 aromatic rings. The van der Waals surface area contributed by atoms with Crippen molar-refractivity contribution >= 4 is 0 Å². The molecule has 2 aliphatic rings. The Morgan fingerprint density at radius 3 is 3.05 bits per heavy atom. The van der Waals surface area contributed by atoms with Crippen molar-refractivity contribution in [2.75, 3.05) is 19.6 Å². The van der Waals surface area contributed by atoms with Gasteiger partial charge in [0, 0.05) is 25.6 Å². The van der Waals surface area contributed by atoms with Gasteiger partial charge in [0.05, 0.1) is 0 Å². The molecule has 3 unspecified atom stereocenters. The van der Waals surface area contributed by atoms with Crippen molar-refractivity contribution in [2.45, 2.75) is 38.8 Å². The molecule has 3 nitrogen and oxygen atoms in total. The van der Waals surface area contributed by atoms with Gasteiger partial charge < -0.3 is 10.5 Å². The van der Waals surface area contributed by atoms with Gasteiger partial charge in [-0.15, -0.1) is 0 Å². The summed E-state index contributed by atoms with van der Waals surface area (Å²) in [7, 11) is 0. The molecular formula is C16H24N2O. The Kier molecular flexibility index (Phi) is 3.50. The average molecular weight is 260 g/mol. The Morgan fingerprint density at radius 2 is 2.26 bits per heavy atom. The maximum absolute atomic E-state index is 6.16. The predicted octanol–water partition coefficient (Wildman–Crippen LogP) is 1.97. The SMILES string of the molecule is Cc1ccc2c(c1)CC(CN1CCC(C)C(N)C1)O2. The van der Waals surface area contributed by atoms with E-state index < -0.39 is 0 Å². The first kappa shape index (κ1) is 12.9. The largest absolute Gasteiger partial charge is 0.488 e. The lowest BCUT2D eigenvalue weighted by Gasteiger charge is -2.36. The number of rotatable bonds is 2. The molecule has 1 saturated heterocycles. The van der Waals surface area contributed by atoms with Gasteiger partial charge in [-0.1, -0.05) is 24.6 Å². The summed E-state index contributed by atoms with van der Waals surface area (Å²) in [6.45, 7) is 7.57. The number of nitrogens with zero attached hydrogens (tertiary/aromatic N) is 1. The minimum atomic E-state index is 0.303. The molecule has 0 saturated carbocycles. The molecule has 104 valence electrons. The number of hydrogen-bond donors (Lipinski definition) is 1. The lowest BCUT2D eigenvalue weighted by molar-refractivity contribution is 0.109. The van der Waals surface area contributed by atoms with E-state index in [1.807, 2.05) is 0 Å². The van der Waals surface area contributed by atoms with Gasteiger partial charge in [-0.05, 0) is 37.4 Å². The van der Waals surface area contributed by atoms with Crippen molar-refractivity contribution in [3.8, 4) is 5.75 Å². The number of likely N-dealkylation sites (tertiary alicyclic amines) is 1. The van der Waals surface area contributed by atoms with Crippen molar-refractivity contribution in [2.24, 2.45) is 11.7 Å². The van der Waals surface area contributed by atoms with Crippen LogP contribution in [0.25, 0.3) is 0 Å². The van der Waals surface area contributed by atoms with Crippen LogP contribution in [0.1, 0.15) is 24.5 Å². The van der Waals surface area contributed by atoms with Crippen LogP contribution >= 0.6 is 0 Å². The summed E-state index contributed by atoms with van der Waals surface area (Å²) in [6.07, 6.45) is 2.55. The van der Waals surface area contributed by atoms with E-state index in [0.717, 1.165) is 31.8 Å². The van der Waals surface area contributed by atoms with Crippen molar-refractivity contribution in [1.82, 2.24) is 4.90 Å². The second-order valence-corrected chi connectivity index (χ2v) is 6.24. The molecule has 0 aromatic heterocycles. The van der Waals surface area contributed by atoms with Gasteiger partial charge in [-0.25, -0.2) is 0 Å². The molecule has 0 amide bonds. The van der Waals surface area contributed by atoms with Gasteiger partial charge in [0.25, 0.3) is 0 Å². The third kappa shape index (κ3) is 2.77. The van der Waals surface area contributed by atoms with Crippen LogP contribution < -0.4 is 10.5 Å². The van der Waals surface area contributed by atoms with Crippen molar-refractivity contribution in [3.63, 3.8) is 0 Å². The van der Waals surface area contributed by atoms with Gasteiger partial charge in [0.15, 0.2) is 0 Å². The average Bonchev–Trinajstić information content (AvgIpc) is 2.75. The van der Waals surface area contributed by atoms with Crippen molar-refractivity contribution in [1.29, 1.82) is 0 Å². The fourth-order valence-electron chi connectivity index (χ4n) is 3.17. The summed E-state index contributed by atoms with van der Waals surface area (Å²) in [4.78, 5) is 2.47. The molecule has 2 heterocycles. The minimum absolute atomic E-state index is 0.303. The zero-order valence-electron chi connectivity index (χ0n) is 11.9. The third-order valence-electron chi connectivity index (χ3n) is 4.52. The van der Waals surface area contributed by atoms with Gasteiger partial charge in [-0.2, -0.15) is 0 Å². The van der Waals surface area contributed by atoms with Gasteiger partial charge in [-0.3, -0.25) is 4.90 Å². The Bertz CT molecular complexity index is 460. The van der Waals surface area contributed by atoms with E-state index in [9.17, 15) is 0 Å². The Labute approximate surface area is 115 Å². The van der Waals surface area contributed by atoms with Crippen LogP contribution in [-0.2, 0) is 6.42 Å². The summed E-state index contributed by atoms with van der Waals surface area (Å²) in [5.41, 5.74) is 8.84. The zero-order chi connectivity index (χ0) is 13.4. The molecule has 1 aromatic carbocycles. The Hall–Kier alpha value is -1.06. The molecule has 3 rings (SSSR count). The lowest BCUT2D eigenvalue weighted by Crippen LogP contribution is -2.50. The van der Waals surface area contributed by atoms with E-state index in [4.69, 9.17) is 10.5 Å². The normalized spacial score (nSPS) is 31.0. The van der Waals surface area contributed by atoms with E-state index in [-0.39, 0.29) is 0 Å². The molecular weight excluding hydrogens is 236 g/mol. The molecule has 0 bridgehead atoms. The van der Waals surface area contributed by atoms with Gasteiger partial charge in [0.2, 0.25) is 0 Å². The maximum Gasteiger partial charge on any atom is 0.123 e. The molecule has 2 N–H and O–H groups in total. The summed E-state index contributed by atoms with van der Waals surface area (Å²) >= 11 is 0. The van der Waals surface area contributed by atoms with E-state index in [1.165, 1.54) is 17.5 Å². The Morgan fingerprint density at radius 1 is 1.42 bits per heavy atom. The molecule has 0 aliphatic carbocycles. The molecule has 3 heteroatoms. The second kappa shape index (κ2) is 5.14. The second-order valence-electron chi connectivity index (χ2n) is 6.24. The highest BCUT2D eigenvalue weighted by molar-refractivity contribution is 5.40. The van der Waals surface area contributed by atoms with E-state index in [2.05, 4.69) is 36.9 Å². The standard InChI is InChI=1S/C16H24N2O/c1-11-3-4-16-13(7-11)8-14(19-16)9-18-6-5-12(2)15(17)10-18/h3-4,7,12,14-15H,5-6,8-10,17H2,1-2H3. The zero-order valence-corrected chi connectivity index (χ0v) is 11.9. The molecule has 0 radical (unpaired) electrons. The molecule has 19 heavy (non-hydrogen) atoms. The highest BCUT2D eigenvalue weighted by Crippen LogP contribution is 2.30. The number of ether oxygens (including phenoxy) is 1. The maximum atomic E-state index is 6.16. The minimum Gasteiger partial charge on any atom is -0.488 e. The number of nitrogens with two attached hydrogens (primary N) is 1. The molecule has 1 fully saturated rings. The number of fused-ring (bicyclic) bond motifs is 1. The van der Waals surface area contributed by atoms with E-state index in [1.54, 1.807) is 0 Å². The first-order valence-electron chi connectivity index (χ1n) is 7.36. The number of piperidine rings is 1. The first-order valence-corrected chi connectivity index (χ1v) is 7.36. The fourth-order valence-corrected chi connectivity index (χ4v) is 3.17. The lowest BCUT2D eigenvalue weighted by atomic mass is 9.94. The number of benzene rings is 1. The fraction of sp³-hybridized carbons (Fsp3) is 0.625. The number of aryl methyl sites for hydroxylation is 1. The van der Waals surface area contributed by atoms with Crippen LogP contribution in [0.3, 0.4) is 0 Å². The van der Waals surface area contributed by atoms with Crippen LogP contribution in [-0.4, -0.2) is 36.7 Å². The quantitative estimate of drug-likeness (QED) is 0.883. The third-order valence-corrected chi connectivity index (χ3v) is 4.52. The van der Waals surface area contributed by atoms with E-state index in [0.29, 0.717) is 18.1 Å². The number of hydrogen-bond acceptors (Lipinski definition) is 3. The van der Waals surface area contributed by atoms with Crippen molar-refractivity contribution in [3.05, 3.63) is 29.3 Å². The highest BCUT2D eigenvalue weighted by atomic mass is 16.5. The van der Waals surface area contributed by atoms with E-state index >= 15 is 0 Å².